The van der Waals surface area contributed by atoms with E-state index in [1.165, 1.54) is 6.08 Å². The first kappa shape index (κ1) is 10.9. The lowest BCUT2D eigenvalue weighted by atomic mass is 9.72. The minimum atomic E-state index is -0.891. The van der Waals surface area contributed by atoms with Crippen LogP contribution in [-0.4, -0.2) is 22.7 Å². The molecule has 2 unspecified atom stereocenters. The number of carbonyl (C=O) groups is 1. The van der Waals surface area contributed by atoms with Crippen molar-refractivity contribution in [2.24, 2.45) is 10.9 Å². The fourth-order valence-corrected chi connectivity index (χ4v) is 2.22. The van der Waals surface area contributed by atoms with Gasteiger partial charge in [0.15, 0.2) is 0 Å². The Balaban J connectivity index is 2.88. The Morgan fingerprint density at radius 2 is 2.36 bits per heavy atom. The molecule has 1 N–H and O–H groups in total. The number of carboxylic acid groups (broad SMARTS) is 1. The molecule has 0 bridgehead atoms. The summed E-state index contributed by atoms with van der Waals surface area (Å²) in [6, 6.07) is 0. The molecule has 4 nitrogen and oxygen atoms in total. The van der Waals surface area contributed by atoms with E-state index in [1.807, 2.05) is 6.92 Å². The van der Waals surface area contributed by atoms with Crippen LogP contribution in [0.2, 0.25) is 0 Å². The number of hydrogen-bond donors (Lipinski definition) is 1. The zero-order valence-corrected chi connectivity index (χ0v) is 8.32. The smallest absolute Gasteiger partial charge is 0.305 e. The summed E-state index contributed by atoms with van der Waals surface area (Å²) in [5.41, 5.74) is -0.689. The summed E-state index contributed by atoms with van der Waals surface area (Å²) in [6.45, 7) is 1.96. The molecular formula is C10H15NO3. The number of carbonyl (C=O) groups excluding carboxylic acids is 1. The van der Waals surface area contributed by atoms with Crippen LogP contribution in [0.4, 0.5) is 0 Å². The predicted octanol–water partition coefficient (Wildman–Crippen LogP) is 1.75. The van der Waals surface area contributed by atoms with Gasteiger partial charge in [0, 0.05) is 0 Å². The summed E-state index contributed by atoms with van der Waals surface area (Å²) >= 11 is 0. The van der Waals surface area contributed by atoms with Crippen LogP contribution in [0.25, 0.3) is 0 Å². The Morgan fingerprint density at radius 3 is 2.86 bits per heavy atom. The lowest BCUT2D eigenvalue weighted by Gasteiger charge is -2.36. The standard InChI is InChI=1S/C10H15NO3/c1-8-4-2-3-5-10(8,11-7-12)6-9(13)14/h8H,2-6H2,1H3,(H,13,14). The zero-order valence-electron chi connectivity index (χ0n) is 8.32. The first-order valence-corrected chi connectivity index (χ1v) is 4.91. The molecule has 1 fully saturated rings. The Bertz CT molecular complexity index is 271. The fraction of sp³-hybridized carbons (Fsp3) is 0.800. The van der Waals surface area contributed by atoms with Crippen LogP contribution >= 0.6 is 0 Å². The Kier molecular flexibility index (Phi) is 3.42. The molecule has 0 aromatic carbocycles. The van der Waals surface area contributed by atoms with E-state index in [0.717, 1.165) is 19.3 Å². The second-order valence-electron chi connectivity index (χ2n) is 4.02. The van der Waals surface area contributed by atoms with Crippen LogP contribution in [0.5, 0.6) is 0 Å². The molecule has 0 spiro atoms. The highest BCUT2D eigenvalue weighted by Gasteiger charge is 2.40. The molecule has 14 heavy (non-hydrogen) atoms. The van der Waals surface area contributed by atoms with Crippen LogP contribution in [0.15, 0.2) is 4.99 Å². The molecule has 0 radical (unpaired) electrons. The lowest BCUT2D eigenvalue weighted by Crippen LogP contribution is -2.39. The van der Waals surface area contributed by atoms with E-state index in [1.54, 1.807) is 0 Å². The molecule has 1 rings (SSSR count). The molecule has 1 saturated carbocycles. The highest BCUT2D eigenvalue weighted by molar-refractivity contribution is 5.68. The first-order valence-electron chi connectivity index (χ1n) is 4.91. The third-order valence-corrected chi connectivity index (χ3v) is 3.14. The number of carboxylic acids is 1. The van der Waals surface area contributed by atoms with Crippen LogP contribution < -0.4 is 0 Å². The van der Waals surface area contributed by atoms with E-state index in [-0.39, 0.29) is 12.3 Å². The van der Waals surface area contributed by atoms with E-state index < -0.39 is 11.5 Å². The molecule has 2 atom stereocenters. The Morgan fingerprint density at radius 1 is 1.64 bits per heavy atom. The van der Waals surface area contributed by atoms with Gasteiger partial charge in [0.2, 0.25) is 6.08 Å². The Labute approximate surface area is 83.0 Å². The van der Waals surface area contributed by atoms with Crippen molar-refractivity contribution >= 4 is 12.0 Å². The number of isocyanates is 1. The molecule has 0 amide bonds. The van der Waals surface area contributed by atoms with Crippen LogP contribution in [-0.2, 0) is 9.59 Å². The van der Waals surface area contributed by atoms with E-state index in [2.05, 4.69) is 4.99 Å². The third-order valence-electron chi connectivity index (χ3n) is 3.14. The van der Waals surface area contributed by atoms with Gasteiger partial charge in [-0.3, -0.25) is 4.79 Å². The summed E-state index contributed by atoms with van der Waals surface area (Å²) in [6.07, 6.45) is 5.15. The molecule has 1 aliphatic rings. The summed E-state index contributed by atoms with van der Waals surface area (Å²) in [5.74, 6) is -0.730. The highest BCUT2D eigenvalue weighted by atomic mass is 16.4. The number of hydrogen-bond acceptors (Lipinski definition) is 3. The largest absolute Gasteiger partial charge is 0.481 e. The first-order chi connectivity index (χ1) is 6.60. The van der Waals surface area contributed by atoms with Gasteiger partial charge in [-0.2, -0.15) is 4.99 Å². The van der Waals surface area contributed by atoms with E-state index in [0.29, 0.717) is 6.42 Å². The molecule has 0 aromatic heterocycles. The average Bonchev–Trinajstić information content (AvgIpc) is 2.09. The summed E-state index contributed by atoms with van der Waals surface area (Å²) < 4.78 is 0. The monoisotopic (exact) mass is 197 g/mol. The van der Waals surface area contributed by atoms with Gasteiger partial charge in [-0.05, 0) is 18.8 Å². The molecule has 0 aliphatic heterocycles. The molecular weight excluding hydrogens is 182 g/mol. The fourth-order valence-electron chi connectivity index (χ4n) is 2.22. The van der Waals surface area contributed by atoms with Crippen LogP contribution in [0, 0.1) is 5.92 Å². The molecule has 4 heteroatoms. The molecule has 0 heterocycles. The van der Waals surface area contributed by atoms with E-state index >= 15 is 0 Å². The number of nitrogens with zero attached hydrogens (tertiary/aromatic N) is 1. The van der Waals surface area contributed by atoms with Gasteiger partial charge in [0.05, 0.1) is 12.0 Å². The van der Waals surface area contributed by atoms with Crippen molar-refractivity contribution in [2.45, 2.75) is 44.6 Å². The zero-order chi connectivity index (χ0) is 10.6. The maximum absolute atomic E-state index is 10.7. The minimum absolute atomic E-state index is 0.0522. The highest BCUT2D eigenvalue weighted by Crippen LogP contribution is 2.39. The van der Waals surface area contributed by atoms with Gasteiger partial charge in [0.1, 0.15) is 0 Å². The molecule has 78 valence electrons. The van der Waals surface area contributed by atoms with Crippen molar-refractivity contribution in [3.05, 3.63) is 0 Å². The normalized spacial score (nSPS) is 31.9. The van der Waals surface area contributed by atoms with Crippen molar-refractivity contribution in [3.63, 3.8) is 0 Å². The van der Waals surface area contributed by atoms with Gasteiger partial charge in [-0.15, -0.1) is 0 Å². The van der Waals surface area contributed by atoms with Crippen molar-refractivity contribution < 1.29 is 14.7 Å². The quantitative estimate of drug-likeness (QED) is 0.553. The van der Waals surface area contributed by atoms with Gasteiger partial charge in [0.25, 0.3) is 0 Å². The SMILES string of the molecule is CC1CCCCC1(CC(=O)O)N=C=O. The van der Waals surface area contributed by atoms with Gasteiger partial charge < -0.3 is 5.11 Å². The summed E-state index contributed by atoms with van der Waals surface area (Å²) in [4.78, 5) is 24.8. The summed E-state index contributed by atoms with van der Waals surface area (Å²) in [5, 5.41) is 8.79. The number of aliphatic imine (C=N–C) groups is 1. The van der Waals surface area contributed by atoms with Crippen LogP contribution in [0.3, 0.4) is 0 Å². The van der Waals surface area contributed by atoms with Gasteiger partial charge >= 0.3 is 5.97 Å². The van der Waals surface area contributed by atoms with Crippen molar-refractivity contribution in [3.8, 4) is 0 Å². The Hall–Kier alpha value is -1.15. The molecule has 1 aliphatic carbocycles. The second kappa shape index (κ2) is 4.38. The lowest BCUT2D eigenvalue weighted by molar-refractivity contribution is -0.139. The minimum Gasteiger partial charge on any atom is -0.481 e. The van der Waals surface area contributed by atoms with E-state index in [4.69, 9.17) is 5.11 Å². The third kappa shape index (κ3) is 2.20. The van der Waals surface area contributed by atoms with Crippen molar-refractivity contribution in [2.75, 3.05) is 0 Å². The van der Waals surface area contributed by atoms with Gasteiger partial charge in [-0.25, -0.2) is 4.79 Å². The average molecular weight is 197 g/mol. The topological polar surface area (TPSA) is 66.7 Å². The number of rotatable bonds is 3. The molecule has 0 aromatic rings. The summed E-state index contributed by atoms with van der Waals surface area (Å²) in [7, 11) is 0. The predicted molar refractivity (Wildman–Crippen MR) is 50.7 cm³/mol. The molecule has 0 saturated heterocycles. The van der Waals surface area contributed by atoms with Gasteiger partial charge in [-0.1, -0.05) is 19.8 Å². The maximum atomic E-state index is 10.7. The van der Waals surface area contributed by atoms with E-state index in [9.17, 15) is 9.59 Å². The van der Waals surface area contributed by atoms with Crippen molar-refractivity contribution in [1.29, 1.82) is 0 Å². The van der Waals surface area contributed by atoms with Crippen LogP contribution in [0.1, 0.15) is 39.0 Å². The van der Waals surface area contributed by atoms with Crippen molar-refractivity contribution in [1.82, 2.24) is 0 Å². The second-order valence-corrected chi connectivity index (χ2v) is 4.02. The number of aliphatic carboxylic acids is 1. The maximum Gasteiger partial charge on any atom is 0.305 e.